The van der Waals surface area contributed by atoms with E-state index in [1.54, 1.807) is 20.5 Å². The Balaban J connectivity index is 1.85. The van der Waals surface area contributed by atoms with Crippen LogP contribution in [0, 0.1) is 6.92 Å². The summed E-state index contributed by atoms with van der Waals surface area (Å²) in [5.41, 5.74) is 2.42. The number of aromatic nitrogens is 3. The fourth-order valence-corrected chi connectivity index (χ4v) is 2.48. The molecule has 0 bridgehead atoms. The first-order valence-corrected chi connectivity index (χ1v) is 8.12. The highest BCUT2D eigenvalue weighted by Gasteiger charge is 2.06. The second-order valence-corrected chi connectivity index (χ2v) is 5.45. The average molecular weight is 330 g/mol. The van der Waals surface area contributed by atoms with E-state index < -0.39 is 0 Å². The van der Waals surface area contributed by atoms with Crippen LogP contribution in [-0.2, 0) is 19.5 Å². The zero-order valence-electron chi connectivity index (χ0n) is 14.8. The van der Waals surface area contributed by atoms with Crippen LogP contribution in [-0.4, -0.2) is 41.4 Å². The Bertz CT molecular complexity index is 679. The van der Waals surface area contributed by atoms with E-state index in [1.807, 2.05) is 10.6 Å². The maximum absolute atomic E-state index is 5.41. The van der Waals surface area contributed by atoms with Crippen LogP contribution in [0.3, 0.4) is 0 Å². The molecule has 24 heavy (non-hydrogen) atoms. The molecule has 0 saturated carbocycles. The van der Waals surface area contributed by atoms with Gasteiger partial charge in [0.2, 0.25) is 0 Å². The molecule has 0 radical (unpaired) electrons. The summed E-state index contributed by atoms with van der Waals surface area (Å²) in [4.78, 5) is 4.24. The van der Waals surface area contributed by atoms with Gasteiger partial charge in [-0.1, -0.05) is 17.7 Å². The third kappa shape index (κ3) is 4.71. The van der Waals surface area contributed by atoms with E-state index in [-0.39, 0.29) is 0 Å². The van der Waals surface area contributed by atoms with Crippen molar-refractivity contribution in [2.24, 2.45) is 4.99 Å². The summed E-state index contributed by atoms with van der Waals surface area (Å²) in [5.74, 6) is 2.55. The molecule has 0 unspecified atom stereocenters. The van der Waals surface area contributed by atoms with Crippen molar-refractivity contribution in [1.82, 2.24) is 25.4 Å². The number of nitrogens with one attached hydrogen (secondary N) is 2. The largest absolute Gasteiger partial charge is 0.496 e. The van der Waals surface area contributed by atoms with Gasteiger partial charge in [0.15, 0.2) is 11.8 Å². The van der Waals surface area contributed by atoms with Crippen LogP contribution in [0.5, 0.6) is 5.75 Å². The van der Waals surface area contributed by atoms with Crippen molar-refractivity contribution in [3.05, 3.63) is 41.5 Å². The molecule has 2 N–H and O–H groups in total. The number of benzene rings is 1. The molecule has 1 heterocycles. The maximum atomic E-state index is 5.41. The molecule has 130 valence electrons. The lowest BCUT2D eigenvalue weighted by atomic mass is 10.1. The average Bonchev–Trinajstić information content (AvgIpc) is 3.05. The van der Waals surface area contributed by atoms with Crippen LogP contribution in [0.4, 0.5) is 0 Å². The number of ether oxygens (including phenoxy) is 1. The van der Waals surface area contributed by atoms with Gasteiger partial charge in [-0.15, -0.1) is 10.2 Å². The Morgan fingerprint density at radius 2 is 2.17 bits per heavy atom. The van der Waals surface area contributed by atoms with E-state index in [0.717, 1.165) is 37.0 Å². The molecule has 0 amide bonds. The summed E-state index contributed by atoms with van der Waals surface area (Å²) in [6, 6.07) is 6.22. The second kappa shape index (κ2) is 8.90. The number of guanidine groups is 1. The minimum Gasteiger partial charge on any atom is -0.496 e. The van der Waals surface area contributed by atoms with Crippen LogP contribution in [0.15, 0.2) is 29.5 Å². The van der Waals surface area contributed by atoms with E-state index in [0.29, 0.717) is 6.54 Å². The zero-order chi connectivity index (χ0) is 17.4. The van der Waals surface area contributed by atoms with Gasteiger partial charge in [-0.05, 0) is 31.9 Å². The Morgan fingerprint density at radius 3 is 2.88 bits per heavy atom. The van der Waals surface area contributed by atoms with E-state index >= 15 is 0 Å². The molecule has 1 aromatic heterocycles. The molecule has 0 aliphatic heterocycles. The van der Waals surface area contributed by atoms with E-state index in [2.05, 4.69) is 51.8 Å². The first-order chi connectivity index (χ1) is 11.7. The predicted molar refractivity (Wildman–Crippen MR) is 95.3 cm³/mol. The molecule has 7 nitrogen and oxygen atoms in total. The molecule has 7 heteroatoms. The van der Waals surface area contributed by atoms with Crippen molar-refractivity contribution < 1.29 is 4.74 Å². The maximum Gasteiger partial charge on any atom is 0.191 e. The number of rotatable bonds is 7. The smallest absolute Gasteiger partial charge is 0.191 e. The molecular weight excluding hydrogens is 304 g/mol. The Labute approximate surface area is 143 Å². The Kier molecular flexibility index (Phi) is 6.60. The lowest BCUT2D eigenvalue weighted by Crippen LogP contribution is -2.38. The lowest BCUT2D eigenvalue weighted by Gasteiger charge is -2.13. The molecule has 0 fully saturated rings. The van der Waals surface area contributed by atoms with Crippen molar-refractivity contribution >= 4 is 5.96 Å². The number of hydrogen-bond donors (Lipinski definition) is 2. The van der Waals surface area contributed by atoms with Crippen LogP contribution in [0.25, 0.3) is 0 Å². The number of methoxy groups -OCH3 is 1. The van der Waals surface area contributed by atoms with Gasteiger partial charge >= 0.3 is 0 Å². The molecule has 1 aromatic carbocycles. The first kappa shape index (κ1) is 17.8. The van der Waals surface area contributed by atoms with Gasteiger partial charge < -0.3 is 19.9 Å². The summed E-state index contributed by atoms with van der Waals surface area (Å²) >= 11 is 0. The van der Waals surface area contributed by atoms with Gasteiger partial charge in [-0.2, -0.15) is 0 Å². The van der Waals surface area contributed by atoms with Gasteiger partial charge in [0.25, 0.3) is 0 Å². The van der Waals surface area contributed by atoms with Gasteiger partial charge in [0.05, 0.1) is 13.7 Å². The SMILES string of the molecule is CCn1cnnc1CNC(=NC)NCCc1cc(C)ccc1OC. The molecule has 2 rings (SSSR count). The lowest BCUT2D eigenvalue weighted by molar-refractivity contribution is 0.409. The molecular formula is C17H26N6O. The van der Waals surface area contributed by atoms with Gasteiger partial charge in [0, 0.05) is 20.1 Å². The molecule has 0 spiro atoms. The third-order valence-corrected chi connectivity index (χ3v) is 3.80. The zero-order valence-corrected chi connectivity index (χ0v) is 14.8. The van der Waals surface area contributed by atoms with Gasteiger partial charge in [-0.3, -0.25) is 4.99 Å². The van der Waals surface area contributed by atoms with E-state index in [4.69, 9.17) is 4.74 Å². The first-order valence-electron chi connectivity index (χ1n) is 8.12. The third-order valence-electron chi connectivity index (χ3n) is 3.80. The van der Waals surface area contributed by atoms with Crippen molar-refractivity contribution in [2.45, 2.75) is 33.4 Å². The van der Waals surface area contributed by atoms with Crippen LogP contribution in [0.2, 0.25) is 0 Å². The standard InChI is InChI=1S/C17H26N6O/c1-5-23-12-21-22-16(23)11-20-17(18-3)19-9-8-14-10-13(2)6-7-15(14)24-4/h6-7,10,12H,5,8-9,11H2,1-4H3,(H2,18,19,20). The number of aryl methyl sites for hydroxylation is 2. The summed E-state index contributed by atoms with van der Waals surface area (Å²) in [5, 5.41) is 14.6. The summed E-state index contributed by atoms with van der Waals surface area (Å²) in [6.45, 7) is 6.35. The van der Waals surface area contributed by atoms with Crippen molar-refractivity contribution in [3.63, 3.8) is 0 Å². The van der Waals surface area contributed by atoms with Crippen molar-refractivity contribution in [2.75, 3.05) is 20.7 Å². The minimum absolute atomic E-state index is 0.585. The Morgan fingerprint density at radius 1 is 1.33 bits per heavy atom. The Hall–Kier alpha value is -2.57. The molecule has 0 aliphatic rings. The van der Waals surface area contributed by atoms with E-state index in [1.165, 1.54) is 11.1 Å². The molecule has 0 saturated heterocycles. The highest BCUT2D eigenvalue weighted by Crippen LogP contribution is 2.19. The highest BCUT2D eigenvalue weighted by atomic mass is 16.5. The predicted octanol–water partition coefficient (Wildman–Crippen LogP) is 1.52. The molecule has 2 aromatic rings. The summed E-state index contributed by atoms with van der Waals surface area (Å²) < 4.78 is 7.41. The second-order valence-electron chi connectivity index (χ2n) is 5.45. The summed E-state index contributed by atoms with van der Waals surface area (Å²) in [6.07, 6.45) is 2.59. The van der Waals surface area contributed by atoms with E-state index in [9.17, 15) is 0 Å². The number of aliphatic imine (C=N–C) groups is 1. The van der Waals surface area contributed by atoms with Crippen LogP contribution in [0.1, 0.15) is 23.9 Å². The quantitative estimate of drug-likeness (QED) is 0.595. The topological polar surface area (TPSA) is 76.4 Å². The fraction of sp³-hybridized carbons (Fsp3) is 0.471. The van der Waals surface area contributed by atoms with Crippen LogP contribution >= 0.6 is 0 Å². The van der Waals surface area contributed by atoms with Gasteiger partial charge in [0.1, 0.15) is 12.1 Å². The van der Waals surface area contributed by atoms with Crippen molar-refractivity contribution in [1.29, 1.82) is 0 Å². The highest BCUT2D eigenvalue weighted by molar-refractivity contribution is 5.79. The molecule has 0 atom stereocenters. The van der Waals surface area contributed by atoms with Crippen LogP contribution < -0.4 is 15.4 Å². The summed E-state index contributed by atoms with van der Waals surface area (Å²) in [7, 11) is 3.46. The van der Waals surface area contributed by atoms with Crippen molar-refractivity contribution in [3.8, 4) is 5.75 Å². The minimum atomic E-state index is 0.585. The normalized spacial score (nSPS) is 11.4. The molecule has 0 aliphatic carbocycles. The monoisotopic (exact) mass is 330 g/mol. The number of hydrogen-bond acceptors (Lipinski definition) is 4. The fourth-order valence-electron chi connectivity index (χ4n) is 2.48. The number of nitrogens with zero attached hydrogens (tertiary/aromatic N) is 4. The van der Waals surface area contributed by atoms with Gasteiger partial charge in [-0.25, -0.2) is 0 Å².